The average molecular weight is 315 g/mol. The van der Waals surface area contributed by atoms with Crippen LogP contribution in [0, 0.1) is 4.64 Å². The SMILES string of the molecule is CC(C)Oc1cncc(-c2cc(=S)nc(C(F)(F)F)[nH]2)c1. The van der Waals surface area contributed by atoms with Crippen molar-refractivity contribution >= 4 is 12.2 Å². The molecule has 2 aromatic rings. The Balaban J connectivity index is 2.47. The van der Waals surface area contributed by atoms with Crippen LogP contribution < -0.4 is 4.74 Å². The molecule has 0 saturated carbocycles. The van der Waals surface area contributed by atoms with Crippen molar-refractivity contribution in [1.29, 1.82) is 0 Å². The van der Waals surface area contributed by atoms with E-state index in [1.807, 2.05) is 13.8 Å². The van der Waals surface area contributed by atoms with E-state index in [1.165, 1.54) is 18.5 Å². The van der Waals surface area contributed by atoms with E-state index >= 15 is 0 Å². The molecular formula is C13H12F3N3OS. The van der Waals surface area contributed by atoms with E-state index in [1.54, 1.807) is 6.07 Å². The van der Waals surface area contributed by atoms with E-state index in [0.717, 1.165) is 0 Å². The van der Waals surface area contributed by atoms with E-state index < -0.39 is 12.0 Å². The number of pyridine rings is 1. The maximum atomic E-state index is 12.7. The second-order valence-electron chi connectivity index (χ2n) is 4.56. The molecular weight excluding hydrogens is 303 g/mol. The fourth-order valence-corrected chi connectivity index (χ4v) is 1.86. The monoisotopic (exact) mass is 315 g/mol. The Hall–Kier alpha value is -1.96. The van der Waals surface area contributed by atoms with Crippen LogP contribution in [0.1, 0.15) is 19.7 Å². The molecule has 0 aromatic carbocycles. The van der Waals surface area contributed by atoms with Gasteiger partial charge in [0.15, 0.2) is 0 Å². The molecule has 0 fully saturated rings. The van der Waals surface area contributed by atoms with Gasteiger partial charge in [-0.2, -0.15) is 13.2 Å². The molecule has 1 N–H and O–H groups in total. The maximum absolute atomic E-state index is 12.7. The molecule has 2 heterocycles. The van der Waals surface area contributed by atoms with Crippen molar-refractivity contribution in [3.63, 3.8) is 0 Å². The number of hydrogen-bond acceptors (Lipinski definition) is 4. The Kier molecular flexibility index (Phi) is 4.26. The van der Waals surface area contributed by atoms with E-state index in [9.17, 15) is 13.2 Å². The van der Waals surface area contributed by atoms with Crippen LogP contribution in [-0.2, 0) is 6.18 Å². The zero-order chi connectivity index (χ0) is 15.6. The van der Waals surface area contributed by atoms with Crippen LogP contribution in [0.2, 0.25) is 0 Å². The second kappa shape index (κ2) is 5.80. The number of ether oxygens (including phenoxy) is 1. The number of alkyl halides is 3. The Morgan fingerprint density at radius 1 is 1.24 bits per heavy atom. The lowest BCUT2D eigenvalue weighted by Gasteiger charge is -2.11. The van der Waals surface area contributed by atoms with Crippen LogP contribution in [0.3, 0.4) is 0 Å². The number of hydrogen-bond donors (Lipinski definition) is 1. The standard InChI is InChI=1S/C13H12F3N3OS/c1-7(2)20-9-3-8(5-17-6-9)10-4-11(21)19-12(18-10)13(14,15)16/h3-7H,1-2H3,(H,18,19,21). The smallest absolute Gasteiger partial charge is 0.449 e. The maximum Gasteiger partial charge on any atom is 0.449 e. The van der Waals surface area contributed by atoms with Gasteiger partial charge in [0.05, 0.1) is 18.0 Å². The highest BCUT2D eigenvalue weighted by Crippen LogP contribution is 2.28. The van der Waals surface area contributed by atoms with Gasteiger partial charge >= 0.3 is 6.18 Å². The molecule has 8 heteroatoms. The third-order valence-corrected chi connectivity index (χ3v) is 2.62. The molecule has 0 amide bonds. The predicted molar refractivity (Wildman–Crippen MR) is 73.4 cm³/mol. The van der Waals surface area contributed by atoms with Crippen molar-refractivity contribution in [1.82, 2.24) is 15.0 Å². The fourth-order valence-electron chi connectivity index (χ4n) is 1.65. The van der Waals surface area contributed by atoms with Gasteiger partial charge in [-0.1, -0.05) is 12.2 Å². The molecule has 0 bridgehead atoms. The minimum atomic E-state index is -4.59. The summed E-state index contributed by atoms with van der Waals surface area (Å²) in [7, 11) is 0. The number of nitrogens with one attached hydrogen (secondary N) is 1. The van der Waals surface area contributed by atoms with Crippen LogP contribution in [0.4, 0.5) is 13.2 Å². The van der Waals surface area contributed by atoms with Crippen LogP contribution in [0.15, 0.2) is 24.5 Å². The van der Waals surface area contributed by atoms with Crippen molar-refractivity contribution in [2.75, 3.05) is 0 Å². The average Bonchev–Trinajstić information content (AvgIpc) is 2.36. The van der Waals surface area contributed by atoms with Crippen molar-refractivity contribution < 1.29 is 17.9 Å². The minimum Gasteiger partial charge on any atom is -0.489 e. The number of rotatable bonds is 3. The molecule has 0 saturated heterocycles. The number of halogens is 3. The topological polar surface area (TPSA) is 50.8 Å². The first-order chi connectivity index (χ1) is 9.75. The van der Waals surface area contributed by atoms with Gasteiger partial charge in [-0.25, -0.2) is 4.98 Å². The Bertz CT molecular complexity index is 698. The fraction of sp³-hybridized carbons (Fsp3) is 0.308. The van der Waals surface area contributed by atoms with Gasteiger partial charge in [0.2, 0.25) is 5.82 Å². The molecule has 0 radical (unpaired) electrons. The predicted octanol–water partition coefficient (Wildman–Crippen LogP) is 4.01. The lowest BCUT2D eigenvalue weighted by molar-refractivity contribution is -0.144. The second-order valence-corrected chi connectivity index (χ2v) is 4.97. The number of nitrogens with zero attached hydrogens (tertiary/aromatic N) is 2. The van der Waals surface area contributed by atoms with Gasteiger partial charge in [-0.15, -0.1) is 0 Å². The van der Waals surface area contributed by atoms with Crippen molar-refractivity contribution in [3.05, 3.63) is 35.0 Å². The van der Waals surface area contributed by atoms with Crippen molar-refractivity contribution in [2.45, 2.75) is 26.1 Å². The van der Waals surface area contributed by atoms with Crippen molar-refractivity contribution in [2.24, 2.45) is 0 Å². The van der Waals surface area contributed by atoms with E-state index in [2.05, 4.69) is 15.0 Å². The quantitative estimate of drug-likeness (QED) is 0.870. The normalized spacial score (nSPS) is 11.7. The first kappa shape index (κ1) is 15.4. The lowest BCUT2D eigenvalue weighted by atomic mass is 10.2. The van der Waals surface area contributed by atoms with Gasteiger partial charge in [0.25, 0.3) is 0 Å². The van der Waals surface area contributed by atoms with E-state index in [0.29, 0.717) is 11.3 Å². The largest absolute Gasteiger partial charge is 0.489 e. The minimum absolute atomic E-state index is 0.0660. The first-order valence-electron chi connectivity index (χ1n) is 6.06. The third-order valence-electron chi connectivity index (χ3n) is 2.41. The summed E-state index contributed by atoms with van der Waals surface area (Å²) < 4.78 is 43.5. The number of aromatic amines is 1. The van der Waals surface area contributed by atoms with E-state index in [4.69, 9.17) is 17.0 Å². The molecule has 0 unspecified atom stereocenters. The van der Waals surface area contributed by atoms with Gasteiger partial charge in [0, 0.05) is 11.8 Å². The van der Waals surface area contributed by atoms with Gasteiger partial charge in [-0.05, 0) is 26.0 Å². The molecule has 0 aliphatic carbocycles. The van der Waals surface area contributed by atoms with Crippen LogP contribution in [0.25, 0.3) is 11.3 Å². The molecule has 0 aliphatic heterocycles. The Labute approximate surface area is 124 Å². The van der Waals surface area contributed by atoms with Crippen LogP contribution in [0.5, 0.6) is 5.75 Å². The van der Waals surface area contributed by atoms with Gasteiger partial charge in [0.1, 0.15) is 10.4 Å². The molecule has 112 valence electrons. The summed E-state index contributed by atoms with van der Waals surface area (Å²) in [6.45, 7) is 3.68. The molecule has 21 heavy (non-hydrogen) atoms. The zero-order valence-electron chi connectivity index (χ0n) is 11.2. The highest BCUT2D eigenvalue weighted by Gasteiger charge is 2.34. The molecule has 0 aliphatic rings. The zero-order valence-corrected chi connectivity index (χ0v) is 12.0. The molecule has 0 atom stereocenters. The molecule has 2 rings (SSSR count). The highest BCUT2D eigenvalue weighted by atomic mass is 32.1. The van der Waals surface area contributed by atoms with Gasteiger partial charge < -0.3 is 9.72 Å². The Morgan fingerprint density at radius 2 is 1.95 bits per heavy atom. The first-order valence-corrected chi connectivity index (χ1v) is 6.47. The van der Waals surface area contributed by atoms with Gasteiger partial charge in [-0.3, -0.25) is 4.98 Å². The Morgan fingerprint density at radius 3 is 2.57 bits per heavy atom. The van der Waals surface area contributed by atoms with E-state index in [-0.39, 0.29) is 16.4 Å². The lowest BCUT2D eigenvalue weighted by Crippen LogP contribution is -2.11. The molecule has 2 aromatic heterocycles. The number of H-pyrrole nitrogens is 1. The highest BCUT2D eigenvalue weighted by molar-refractivity contribution is 7.71. The van der Waals surface area contributed by atoms with Crippen LogP contribution in [-0.4, -0.2) is 21.1 Å². The van der Waals surface area contributed by atoms with Crippen molar-refractivity contribution in [3.8, 4) is 17.0 Å². The summed E-state index contributed by atoms with van der Waals surface area (Å²) in [6.07, 6.45) is -1.75. The summed E-state index contributed by atoms with van der Waals surface area (Å²) in [6, 6.07) is 2.94. The third kappa shape index (κ3) is 4.01. The summed E-state index contributed by atoms with van der Waals surface area (Å²) in [5.41, 5.74) is 0.621. The van der Waals surface area contributed by atoms with Crippen LogP contribution >= 0.6 is 12.2 Å². The summed E-state index contributed by atoms with van der Waals surface area (Å²) in [4.78, 5) is 9.46. The summed E-state index contributed by atoms with van der Waals surface area (Å²) >= 11 is 4.78. The molecule has 0 spiro atoms. The molecule has 4 nitrogen and oxygen atoms in total. The summed E-state index contributed by atoms with van der Waals surface area (Å²) in [5.74, 6) is -0.674. The number of aromatic nitrogens is 3. The summed E-state index contributed by atoms with van der Waals surface area (Å²) in [5, 5.41) is 0.